The topological polar surface area (TPSA) is 75.3 Å². The van der Waals surface area contributed by atoms with Gasteiger partial charge in [0.2, 0.25) is 0 Å². The largest absolute Gasteiger partial charge is 0.333 e. The summed E-state index contributed by atoms with van der Waals surface area (Å²) in [6, 6.07) is 11.4. The fourth-order valence-electron chi connectivity index (χ4n) is 1.48. The number of sulfonamides is 1. The van der Waals surface area contributed by atoms with E-state index in [2.05, 4.69) is 21.2 Å². The number of nitrogens with one attached hydrogen (secondary N) is 2. The lowest BCUT2D eigenvalue weighted by atomic mass is 10.3. The van der Waals surface area contributed by atoms with E-state index in [1.807, 2.05) is 4.72 Å². The van der Waals surface area contributed by atoms with Crippen LogP contribution >= 0.6 is 27.5 Å². The molecule has 0 fully saturated rings. The SMILES string of the molecule is O=C(Nc1ccc(Br)cc1)NS(=O)(=O)c1ccc(Cl)cc1. The minimum atomic E-state index is -3.93. The molecule has 21 heavy (non-hydrogen) atoms. The molecule has 0 saturated heterocycles. The maximum absolute atomic E-state index is 12.0. The highest BCUT2D eigenvalue weighted by Crippen LogP contribution is 2.15. The third-order valence-electron chi connectivity index (χ3n) is 2.45. The third-order valence-corrected chi connectivity index (χ3v) is 4.58. The van der Waals surface area contributed by atoms with Crippen molar-refractivity contribution in [3.8, 4) is 0 Å². The minimum Gasteiger partial charge on any atom is -0.307 e. The second-order valence-electron chi connectivity index (χ2n) is 4.02. The van der Waals surface area contributed by atoms with E-state index in [0.717, 1.165) is 4.47 Å². The van der Waals surface area contributed by atoms with Crippen molar-refractivity contribution in [3.05, 3.63) is 58.0 Å². The second-order valence-corrected chi connectivity index (χ2v) is 7.05. The summed E-state index contributed by atoms with van der Waals surface area (Å²) in [6.07, 6.45) is 0. The molecule has 0 saturated carbocycles. The van der Waals surface area contributed by atoms with E-state index in [4.69, 9.17) is 11.6 Å². The number of anilines is 1. The van der Waals surface area contributed by atoms with Gasteiger partial charge in [0, 0.05) is 15.2 Å². The zero-order chi connectivity index (χ0) is 15.5. The Balaban J connectivity index is 2.07. The van der Waals surface area contributed by atoms with Gasteiger partial charge < -0.3 is 5.32 Å². The Bertz CT molecular complexity index is 746. The summed E-state index contributed by atoms with van der Waals surface area (Å²) in [4.78, 5) is 11.7. The number of amides is 2. The summed E-state index contributed by atoms with van der Waals surface area (Å²) < 4.78 is 26.7. The Morgan fingerprint density at radius 2 is 1.57 bits per heavy atom. The molecular formula is C13H10BrClN2O3S. The fraction of sp³-hybridized carbons (Fsp3) is 0. The average Bonchev–Trinajstić information content (AvgIpc) is 2.41. The van der Waals surface area contributed by atoms with Crippen LogP contribution in [0.5, 0.6) is 0 Å². The van der Waals surface area contributed by atoms with E-state index in [1.165, 1.54) is 24.3 Å². The zero-order valence-corrected chi connectivity index (χ0v) is 13.7. The average molecular weight is 390 g/mol. The van der Waals surface area contributed by atoms with Gasteiger partial charge in [-0.1, -0.05) is 27.5 Å². The van der Waals surface area contributed by atoms with Crippen molar-refractivity contribution in [1.82, 2.24) is 4.72 Å². The van der Waals surface area contributed by atoms with Crippen molar-refractivity contribution in [2.75, 3.05) is 5.32 Å². The highest BCUT2D eigenvalue weighted by atomic mass is 79.9. The summed E-state index contributed by atoms with van der Waals surface area (Å²) in [5.41, 5.74) is 0.474. The molecule has 0 radical (unpaired) electrons. The minimum absolute atomic E-state index is 0.0437. The van der Waals surface area contributed by atoms with E-state index in [-0.39, 0.29) is 4.90 Å². The lowest BCUT2D eigenvalue weighted by Crippen LogP contribution is -2.34. The monoisotopic (exact) mass is 388 g/mol. The molecule has 0 aromatic heterocycles. The van der Waals surface area contributed by atoms with Crippen LogP contribution in [-0.4, -0.2) is 14.4 Å². The second kappa shape index (κ2) is 6.46. The molecule has 110 valence electrons. The molecule has 0 aliphatic rings. The van der Waals surface area contributed by atoms with Crippen molar-refractivity contribution in [2.24, 2.45) is 0 Å². The zero-order valence-electron chi connectivity index (χ0n) is 10.5. The quantitative estimate of drug-likeness (QED) is 0.842. The Hall–Kier alpha value is -1.57. The van der Waals surface area contributed by atoms with E-state index >= 15 is 0 Å². The highest BCUT2D eigenvalue weighted by molar-refractivity contribution is 9.10. The lowest BCUT2D eigenvalue weighted by molar-refractivity contribution is 0.256. The van der Waals surface area contributed by atoms with Crippen LogP contribution in [0.15, 0.2) is 57.9 Å². The Morgan fingerprint density at radius 1 is 1.00 bits per heavy atom. The van der Waals surface area contributed by atoms with Crippen LogP contribution in [0.1, 0.15) is 0 Å². The van der Waals surface area contributed by atoms with Gasteiger partial charge in [0.25, 0.3) is 10.0 Å². The van der Waals surface area contributed by atoms with Gasteiger partial charge in [-0.25, -0.2) is 17.9 Å². The van der Waals surface area contributed by atoms with Gasteiger partial charge >= 0.3 is 6.03 Å². The Kier molecular flexibility index (Phi) is 4.87. The van der Waals surface area contributed by atoms with E-state index < -0.39 is 16.1 Å². The van der Waals surface area contributed by atoms with Crippen LogP contribution in [0.25, 0.3) is 0 Å². The standard InChI is InChI=1S/C13H10BrClN2O3S/c14-9-1-5-11(6-2-9)16-13(18)17-21(19,20)12-7-3-10(15)4-8-12/h1-8H,(H2,16,17,18). The van der Waals surface area contributed by atoms with E-state index in [9.17, 15) is 13.2 Å². The molecule has 0 unspecified atom stereocenters. The molecule has 2 rings (SSSR count). The Labute approximate surface area is 135 Å². The fourth-order valence-corrected chi connectivity index (χ4v) is 2.78. The van der Waals surface area contributed by atoms with Crippen molar-refractivity contribution in [1.29, 1.82) is 0 Å². The first-order valence-electron chi connectivity index (χ1n) is 5.72. The molecule has 2 aromatic carbocycles. The molecular weight excluding hydrogens is 380 g/mol. The molecule has 0 aliphatic heterocycles. The summed E-state index contributed by atoms with van der Waals surface area (Å²) in [6.45, 7) is 0. The van der Waals surface area contributed by atoms with Gasteiger partial charge in [0.05, 0.1) is 4.90 Å². The van der Waals surface area contributed by atoms with Gasteiger partial charge in [-0.05, 0) is 48.5 Å². The number of benzene rings is 2. The maximum atomic E-state index is 12.0. The van der Waals surface area contributed by atoms with Crippen molar-refractivity contribution < 1.29 is 13.2 Å². The van der Waals surface area contributed by atoms with Crippen molar-refractivity contribution in [3.63, 3.8) is 0 Å². The number of urea groups is 1. The first-order chi connectivity index (χ1) is 9.87. The van der Waals surface area contributed by atoms with Gasteiger partial charge in [-0.2, -0.15) is 0 Å². The number of hydrogen-bond acceptors (Lipinski definition) is 3. The summed E-state index contributed by atoms with van der Waals surface area (Å²) in [5.74, 6) is 0. The smallest absolute Gasteiger partial charge is 0.307 e. The van der Waals surface area contributed by atoms with Crippen LogP contribution < -0.4 is 10.0 Å². The van der Waals surface area contributed by atoms with Crippen LogP contribution in [0.2, 0.25) is 5.02 Å². The van der Waals surface area contributed by atoms with Crippen molar-refractivity contribution >= 4 is 49.3 Å². The summed E-state index contributed by atoms with van der Waals surface area (Å²) in [7, 11) is -3.93. The van der Waals surface area contributed by atoms with Gasteiger partial charge in [0.1, 0.15) is 0 Å². The van der Waals surface area contributed by atoms with Crippen LogP contribution in [0.4, 0.5) is 10.5 Å². The van der Waals surface area contributed by atoms with E-state index in [0.29, 0.717) is 10.7 Å². The van der Waals surface area contributed by atoms with Crippen LogP contribution in [0.3, 0.4) is 0 Å². The molecule has 0 aliphatic carbocycles. The van der Waals surface area contributed by atoms with Gasteiger partial charge in [-0.3, -0.25) is 0 Å². The predicted octanol–water partition coefficient (Wildman–Crippen LogP) is 3.61. The number of carbonyl (C=O) groups is 1. The maximum Gasteiger partial charge on any atom is 0.333 e. The van der Waals surface area contributed by atoms with Crippen LogP contribution in [0, 0.1) is 0 Å². The molecule has 0 heterocycles. The number of hydrogen-bond donors (Lipinski definition) is 2. The molecule has 2 amide bonds. The summed E-state index contributed by atoms with van der Waals surface area (Å²) >= 11 is 8.95. The summed E-state index contributed by atoms with van der Waals surface area (Å²) in [5, 5.41) is 2.84. The van der Waals surface area contributed by atoms with Crippen LogP contribution in [-0.2, 0) is 10.0 Å². The molecule has 0 atom stereocenters. The number of carbonyl (C=O) groups excluding carboxylic acids is 1. The van der Waals surface area contributed by atoms with Gasteiger partial charge in [-0.15, -0.1) is 0 Å². The van der Waals surface area contributed by atoms with Gasteiger partial charge in [0.15, 0.2) is 0 Å². The normalized spacial score (nSPS) is 11.0. The third kappa shape index (κ3) is 4.45. The first kappa shape index (κ1) is 15.8. The first-order valence-corrected chi connectivity index (χ1v) is 8.37. The molecule has 0 spiro atoms. The molecule has 2 N–H and O–H groups in total. The van der Waals surface area contributed by atoms with E-state index in [1.54, 1.807) is 24.3 Å². The number of halogens is 2. The molecule has 2 aromatic rings. The van der Waals surface area contributed by atoms with Crippen molar-refractivity contribution in [2.45, 2.75) is 4.90 Å². The Morgan fingerprint density at radius 3 is 2.14 bits per heavy atom. The predicted molar refractivity (Wildman–Crippen MR) is 84.9 cm³/mol. The lowest BCUT2D eigenvalue weighted by Gasteiger charge is -2.08. The highest BCUT2D eigenvalue weighted by Gasteiger charge is 2.17. The number of rotatable bonds is 3. The molecule has 8 heteroatoms. The molecule has 0 bridgehead atoms. The molecule has 5 nitrogen and oxygen atoms in total.